The van der Waals surface area contributed by atoms with Crippen molar-refractivity contribution in [1.82, 2.24) is 19.5 Å². The summed E-state index contributed by atoms with van der Waals surface area (Å²) in [7, 11) is 0. The lowest BCUT2D eigenvalue weighted by atomic mass is 10.2. The van der Waals surface area contributed by atoms with Gasteiger partial charge in [0.05, 0.1) is 30.0 Å². The van der Waals surface area contributed by atoms with E-state index in [4.69, 9.17) is 5.26 Å². The Bertz CT molecular complexity index is 1180. The van der Waals surface area contributed by atoms with E-state index in [9.17, 15) is 4.79 Å². The van der Waals surface area contributed by atoms with Crippen molar-refractivity contribution in [2.45, 2.75) is 37.8 Å². The second-order valence-corrected chi connectivity index (χ2v) is 8.21. The summed E-state index contributed by atoms with van der Waals surface area (Å²) < 4.78 is 1.43. The lowest BCUT2D eigenvalue weighted by molar-refractivity contribution is 0.615. The van der Waals surface area contributed by atoms with Gasteiger partial charge in [-0.3, -0.25) is 9.36 Å². The van der Waals surface area contributed by atoms with Crippen LogP contribution < -0.4 is 21.1 Å². The molecule has 9 heteroatoms. The van der Waals surface area contributed by atoms with Crippen LogP contribution in [0.4, 0.5) is 17.5 Å². The van der Waals surface area contributed by atoms with Crippen molar-refractivity contribution < 1.29 is 0 Å². The first-order valence-corrected chi connectivity index (χ1v) is 10.9. The molecule has 9 nitrogen and oxygen atoms in total. The van der Waals surface area contributed by atoms with Gasteiger partial charge in [0.15, 0.2) is 0 Å². The summed E-state index contributed by atoms with van der Waals surface area (Å²) >= 11 is 0. The van der Waals surface area contributed by atoms with Crippen LogP contribution in [0, 0.1) is 11.3 Å². The molecular formula is C23H24N8O. The second-order valence-electron chi connectivity index (χ2n) is 8.21. The van der Waals surface area contributed by atoms with Crippen molar-refractivity contribution >= 4 is 17.5 Å². The minimum atomic E-state index is -0.345. The first-order chi connectivity index (χ1) is 15.7. The number of rotatable bonds is 6. The summed E-state index contributed by atoms with van der Waals surface area (Å²) in [6, 6.07) is 9.41. The van der Waals surface area contributed by atoms with Crippen LogP contribution in [0.1, 0.15) is 31.2 Å². The Hall–Kier alpha value is -3.93. The summed E-state index contributed by atoms with van der Waals surface area (Å²) in [4.78, 5) is 28.0. The second kappa shape index (κ2) is 8.67. The van der Waals surface area contributed by atoms with Crippen LogP contribution in [-0.4, -0.2) is 44.7 Å². The standard InChI is InChI=1S/C23H24N8O/c24-12-16-3-1-10-31(22(16)32)19-6-7-21(25-13-19)28-17-4-5-18(11-17)29-23-26-14-20(15-27-23)30-8-2-9-30/h1,3,6-7,10,13-15,17-18H,2,4-5,8-9,11H2,(H,25,28)(H,26,27,29)/t17-,18-/m0/s1. The maximum atomic E-state index is 12.3. The molecule has 5 rings (SSSR count). The molecule has 32 heavy (non-hydrogen) atoms. The Labute approximate surface area is 185 Å². The van der Waals surface area contributed by atoms with Crippen LogP contribution in [0.15, 0.2) is 53.8 Å². The molecule has 2 atom stereocenters. The molecule has 0 radical (unpaired) electrons. The topological polar surface area (TPSA) is 112 Å². The third kappa shape index (κ3) is 4.12. The molecule has 1 aliphatic carbocycles. The first kappa shape index (κ1) is 20.0. The normalized spacial score (nSPS) is 19.8. The van der Waals surface area contributed by atoms with Gasteiger partial charge in [0, 0.05) is 31.4 Å². The highest BCUT2D eigenvalue weighted by atomic mass is 16.1. The molecule has 2 fully saturated rings. The van der Waals surface area contributed by atoms with E-state index >= 15 is 0 Å². The minimum absolute atomic E-state index is 0.110. The molecule has 3 aromatic heterocycles. The molecule has 0 spiro atoms. The number of nitrogens with one attached hydrogen (secondary N) is 2. The van der Waals surface area contributed by atoms with E-state index in [1.165, 1.54) is 17.1 Å². The zero-order valence-electron chi connectivity index (χ0n) is 17.6. The molecule has 0 unspecified atom stereocenters. The van der Waals surface area contributed by atoms with E-state index < -0.39 is 0 Å². The highest BCUT2D eigenvalue weighted by Gasteiger charge is 2.25. The number of nitrogens with zero attached hydrogens (tertiary/aromatic N) is 6. The number of anilines is 3. The number of nitriles is 1. The Balaban J connectivity index is 1.17. The van der Waals surface area contributed by atoms with Gasteiger partial charge in [0.1, 0.15) is 17.5 Å². The van der Waals surface area contributed by atoms with Gasteiger partial charge in [-0.25, -0.2) is 15.0 Å². The predicted molar refractivity (Wildman–Crippen MR) is 122 cm³/mol. The summed E-state index contributed by atoms with van der Waals surface area (Å²) in [5.74, 6) is 1.44. The van der Waals surface area contributed by atoms with Crippen molar-refractivity contribution in [2.24, 2.45) is 0 Å². The van der Waals surface area contributed by atoms with E-state index in [0.717, 1.165) is 43.9 Å². The molecule has 2 aliphatic rings. The van der Waals surface area contributed by atoms with Gasteiger partial charge in [0.25, 0.3) is 5.56 Å². The van der Waals surface area contributed by atoms with Crippen molar-refractivity contribution in [3.8, 4) is 11.8 Å². The van der Waals surface area contributed by atoms with Crippen LogP contribution in [0.2, 0.25) is 0 Å². The van der Waals surface area contributed by atoms with E-state index in [2.05, 4.69) is 30.5 Å². The Morgan fingerprint density at radius 2 is 1.72 bits per heavy atom. The monoisotopic (exact) mass is 428 g/mol. The predicted octanol–water partition coefficient (Wildman–Crippen LogP) is 2.55. The van der Waals surface area contributed by atoms with Gasteiger partial charge in [0.2, 0.25) is 5.95 Å². The minimum Gasteiger partial charge on any atom is -0.369 e. The molecule has 2 N–H and O–H groups in total. The third-order valence-corrected chi connectivity index (χ3v) is 6.07. The molecule has 1 saturated carbocycles. The summed E-state index contributed by atoms with van der Waals surface area (Å²) in [5.41, 5.74) is 1.48. The number of pyridine rings is 2. The lowest BCUT2D eigenvalue weighted by Gasteiger charge is -2.32. The van der Waals surface area contributed by atoms with Gasteiger partial charge < -0.3 is 15.5 Å². The van der Waals surface area contributed by atoms with Gasteiger partial charge in [-0.2, -0.15) is 5.26 Å². The molecule has 162 valence electrons. The SMILES string of the molecule is N#Cc1cccn(-c2ccc(N[C@H]3CC[C@H](Nc4ncc(N5CCC5)cn4)C3)nc2)c1=O. The van der Waals surface area contributed by atoms with Crippen LogP contribution in [-0.2, 0) is 0 Å². The fraction of sp³-hybridized carbons (Fsp3) is 0.348. The summed E-state index contributed by atoms with van der Waals surface area (Å²) in [6.45, 7) is 2.17. The fourth-order valence-corrected chi connectivity index (χ4v) is 4.17. The number of hydrogen-bond donors (Lipinski definition) is 2. The van der Waals surface area contributed by atoms with Crippen LogP contribution in [0.3, 0.4) is 0 Å². The van der Waals surface area contributed by atoms with Gasteiger partial charge in [-0.15, -0.1) is 0 Å². The zero-order valence-corrected chi connectivity index (χ0v) is 17.6. The van der Waals surface area contributed by atoms with Crippen LogP contribution >= 0.6 is 0 Å². The highest BCUT2D eigenvalue weighted by Crippen LogP contribution is 2.25. The summed E-state index contributed by atoms with van der Waals surface area (Å²) in [5, 5.41) is 16.0. The number of hydrogen-bond acceptors (Lipinski definition) is 8. The molecule has 0 bridgehead atoms. The van der Waals surface area contributed by atoms with Gasteiger partial charge in [-0.1, -0.05) is 0 Å². The molecule has 1 saturated heterocycles. The van der Waals surface area contributed by atoms with Crippen molar-refractivity contribution in [3.63, 3.8) is 0 Å². The van der Waals surface area contributed by atoms with E-state index in [-0.39, 0.29) is 11.1 Å². The lowest BCUT2D eigenvalue weighted by Crippen LogP contribution is -2.37. The van der Waals surface area contributed by atoms with Crippen LogP contribution in [0.5, 0.6) is 0 Å². The van der Waals surface area contributed by atoms with Crippen molar-refractivity contribution in [1.29, 1.82) is 5.26 Å². The van der Waals surface area contributed by atoms with E-state index in [0.29, 0.717) is 23.7 Å². The Morgan fingerprint density at radius 3 is 2.38 bits per heavy atom. The Morgan fingerprint density at radius 1 is 0.969 bits per heavy atom. The maximum absolute atomic E-state index is 12.3. The van der Waals surface area contributed by atoms with Crippen LogP contribution in [0.25, 0.3) is 5.69 Å². The first-order valence-electron chi connectivity index (χ1n) is 10.9. The largest absolute Gasteiger partial charge is 0.369 e. The van der Waals surface area contributed by atoms with E-state index in [1.54, 1.807) is 18.5 Å². The van der Waals surface area contributed by atoms with Gasteiger partial charge >= 0.3 is 0 Å². The van der Waals surface area contributed by atoms with Crippen molar-refractivity contribution in [3.05, 3.63) is 65.0 Å². The average molecular weight is 429 g/mol. The molecule has 4 heterocycles. The fourth-order valence-electron chi connectivity index (χ4n) is 4.17. The van der Waals surface area contributed by atoms with Gasteiger partial charge in [-0.05, 0) is 49.9 Å². The summed E-state index contributed by atoms with van der Waals surface area (Å²) in [6.07, 6.45) is 11.3. The van der Waals surface area contributed by atoms with E-state index in [1.807, 2.05) is 30.6 Å². The van der Waals surface area contributed by atoms with Crippen molar-refractivity contribution in [2.75, 3.05) is 28.6 Å². The quantitative estimate of drug-likeness (QED) is 0.616. The molecule has 0 amide bonds. The third-order valence-electron chi connectivity index (χ3n) is 6.07. The zero-order chi connectivity index (χ0) is 21.9. The molecule has 3 aromatic rings. The molecule has 0 aromatic carbocycles. The number of aromatic nitrogens is 4. The average Bonchev–Trinajstić information content (AvgIpc) is 3.21. The highest BCUT2D eigenvalue weighted by molar-refractivity contribution is 5.47. The molecular weight excluding hydrogens is 404 g/mol. The molecule has 1 aliphatic heterocycles. The Kier molecular flexibility index (Phi) is 5.42. The smallest absolute Gasteiger partial charge is 0.273 e. The maximum Gasteiger partial charge on any atom is 0.273 e.